The van der Waals surface area contributed by atoms with Crippen LogP contribution in [-0.2, 0) is 0 Å². The molecule has 6 nitrogen and oxygen atoms in total. The summed E-state index contributed by atoms with van der Waals surface area (Å²) in [5, 5.41) is 3.25. The quantitative estimate of drug-likeness (QED) is 0.513. The highest BCUT2D eigenvalue weighted by atomic mass is 35.5. The fourth-order valence-corrected chi connectivity index (χ4v) is 5.84. The highest BCUT2D eigenvalue weighted by Crippen LogP contribution is 2.32. The maximum absolute atomic E-state index is 13.0. The molecule has 2 aromatic heterocycles. The third kappa shape index (κ3) is 5.05. The SMILES string of the molecule is Cc1cnc(Nc2ccc(C(=O)N3CCC(N4CCCC4)CC3)cc2)nc1-c1ccc(Cl)s1. The lowest BCUT2D eigenvalue weighted by atomic mass is 10.0. The van der Waals surface area contributed by atoms with E-state index >= 15 is 0 Å². The van der Waals surface area contributed by atoms with Crippen molar-refractivity contribution in [3.8, 4) is 10.6 Å². The number of aryl methyl sites for hydroxylation is 1. The van der Waals surface area contributed by atoms with Gasteiger partial charge in [-0.3, -0.25) is 4.79 Å². The number of nitrogens with zero attached hydrogens (tertiary/aromatic N) is 4. The summed E-state index contributed by atoms with van der Waals surface area (Å²) >= 11 is 7.59. The normalized spacial score (nSPS) is 17.5. The maximum atomic E-state index is 13.0. The van der Waals surface area contributed by atoms with Crippen LogP contribution in [0.5, 0.6) is 0 Å². The second kappa shape index (κ2) is 9.79. The number of aromatic nitrogens is 2. The molecule has 1 aromatic carbocycles. The van der Waals surface area contributed by atoms with Gasteiger partial charge in [0.05, 0.1) is 14.9 Å². The largest absolute Gasteiger partial charge is 0.339 e. The number of benzene rings is 1. The molecule has 0 spiro atoms. The highest BCUT2D eigenvalue weighted by Gasteiger charge is 2.28. The summed E-state index contributed by atoms with van der Waals surface area (Å²) in [4.78, 5) is 27.7. The molecule has 0 atom stereocenters. The summed E-state index contributed by atoms with van der Waals surface area (Å²) in [7, 11) is 0. The topological polar surface area (TPSA) is 61.4 Å². The number of halogens is 1. The Kier molecular flexibility index (Phi) is 6.62. The molecule has 33 heavy (non-hydrogen) atoms. The van der Waals surface area contributed by atoms with Gasteiger partial charge in [0.1, 0.15) is 0 Å². The van der Waals surface area contributed by atoms with Crippen molar-refractivity contribution in [2.75, 3.05) is 31.5 Å². The van der Waals surface area contributed by atoms with Crippen LogP contribution in [0.15, 0.2) is 42.6 Å². The molecule has 3 aromatic rings. The standard InChI is InChI=1S/C25H28ClN5OS/c1-17-16-27-25(29-23(17)21-8-9-22(26)33-21)28-19-6-4-18(5-7-19)24(32)31-14-10-20(11-15-31)30-12-2-3-13-30/h4-9,16,20H,2-3,10-15H2,1H3,(H,27,28,29). The van der Waals surface area contributed by atoms with E-state index in [-0.39, 0.29) is 5.91 Å². The van der Waals surface area contributed by atoms with Gasteiger partial charge in [0.25, 0.3) is 5.91 Å². The molecule has 0 unspecified atom stereocenters. The summed E-state index contributed by atoms with van der Waals surface area (Å²) in [5.74, 6) is 0.632. The van der Waals surface area contributed by atoms with Gasteiger partial charge in [-0.25, -0.2) is 9.97 Å². The molecule has 2 fully saturated rings. The van der Waals surface area contributed by atoms with E-state index in [2.05, 4.69) is 20.2 Å². The molecule has 4 heterocycles. The van der Waals surface area contributed by atoms with Crippen LogP contribution in [0.1, 0.15) is 41.6 Å². The molecule has 172 valence electrons. The second-order valence-electron chi connectivity index (χ2n) is 8.80. The third-order valence-electron chi connectivity index (χ3n) is 6.58. The zero-order valence-corrected chi connectivity index (χ0v) is 20.3. The first-order valence-corrected chi connectivity index (χ1v) is 12.8. The molecular formula is C25H28ClN5OS. The van der Waals surface area contributed by atoms with Crippen molar-refractivity contribution in [1.82, 2.24) is 19.8 Å². The van der Waals surface area contributed by atoms with Gasteiger partial charge in [0, 0.05) is 36.6 Å². The Morgan fingerprint density at radius 2 is 1.79 bits per heavy atom. The van der Waals surface area contributed by atoms with Crippen molar-refractivity contribution >= 4 is 40.5 Å². The number of carbonyl (C=O) groups excluding carboxylic acids is 1. The van der Waals surface area contributed by atoms with Crippen LogP contribution in [0.4, 0.5) is 11.6 Å². The minimum atomic E-state index is 0.116. The Bertz CT molecular complexity index is 1120. The van der Waals surface area contributed by atoms with Crippen LogP contribution < -0.4 is 5.32 Å². The highest BCUT2D eigenvalue weighted by molar-refractivity contribution is 7.19. The fourth-order valence-electron chi connectivity index (χ4n) is 4.74. The summed E-state index contributed by atoms with van der Waals surface area (Å²) in [6.45, 7) is 6.11. The average Bonchev–Trinajstić information content (AvgIpc) is 3.53. The van der Waals surface area contributed by atoms with Crippen molar-refractivity contribution in [2.24, 2.45) is 0 Å². The molecule has 2 saturated heterocycles. The number of rotatable bonds is 5. The summed E-state index contributed by atoms with van der Waals surface area (Å²) in [6, 6.07) is 12.1. The van der Waals surface area contributed by atoms with Gasteiger partial charge in [-0.2, -0.15) is 0 Å². The van der Waals surface area contributed by atoms with E-state index in [4.69, 9.17) is 11.6 Å². The molecule has 0 radical (unpaired) electrons. The summed E-state index contributed by atoms with van der Waals surface area (Å²) in [5.41, 5.74) is 3.43. The van der Waals surface area contributed by atoms with Crippen LogP contribution in [0.3, 0.4) is 0 Å². The number of likely N-dealkylation sites (tertiary alicyclic amines) is 2. The Morgan fingerprint density at radius 3 is 2.45 bits per heavy atom. The van der Waals surface area contributed by atoms with Gasteiger partial charge < -0.3 is 15.1 Å². The van der Waals surface area contributed by atoms with Crippen LogP contribution in [0.25, 0.3) is 10.6 Å². The lowest BCUT2D eigenvalue weighted by Crippen LogP contribution is -2.45. The molecule has 0 bridgehead atoms. The molecule has 5 rings (SSSR count). The zero-order chi connectivity index (χ0) is 22.8. The predicted octanol–water partition coefficient (Wildman–Crippen LogP) is 5.61. The number of nitrogens with one attached hydrogen (secondary N) is 1. The minimum Gasteiger partial charge on any atom is -0.339 e. The van der Waals surface area contributed by atoms with Crippen molar-refractivity contribution in [3.63, 3.8) is 0 Å². The fraction of sp³-hybridized carbons (Fsp3) is 0.400. The molecule has 1 N–H and O–H groups in total. The Balaban J connectivity index is 1.22. The van der Waals surface area contributed by atoms with Crippen molar-refractivity contribution in [1.29, 1.82) is 0 Å². The van der Waals surface area contributed by atoms with E-state index in [1.165, 1.54) is 37.3 Å². The summed E-state index contributed by atoms with van der Waals surface area (Å²) in [6.07, 6.45) is 6.59. The lowest BCUT2D eigenvalue weighted by Gasteiger charge is -2.36. The number of hydrogen-bond donors (Lipinski definition) is 1. The van der Waals surface area contributed by atoms with Crippen molar-refractivity contribution in [2.45, 2.75) is 38.6 Å². The molecule has 1 amide bonds. The Morgan fingerprint density at radius 1 is 1.06 bits per heavy atom. The summed E-state index contributed by atoms with van der Waals surface area (Å²) < 4.78 is 0.734. The first-order chi connectivity index (χ1) is 16.1. The number of piperidine rings is 1. The van der Waals surface area contributed by atoms with Gasteiger partial charge in [-0.1, -0.05) is 11.6 Å². The monoisotopic (exact) mass is 481 g/mol. The van der Waals surface area contributed by atoms with E-state index in [0.717, 1.165) is 57.7 Å². The molecule has 0 saturated carbocycles. The second-order valence-corrected chi connectivity index (χ2v) is 10.5. The van der Waals surface area contributed by atoms with Crippen LogP contribution in [0.2, 0.25) is 4.34 Å². The van der Waals surface area contributed by atoms with Gasteiger partial charge in [-0.15, -0.1) is 11.3 Å². The first kappa shape index (κ1) is 22.3. The molecule has 2 aliphatic rings. The van der Waals surface area contributed by atoms with E-state index in [9.17, 15) is 4.79 Å². The zero-order valence-electron chi connectivity index (χ0n) is 18.8. The van der Waals surface area contributed by atoms with E-state index in [0.29, 0.717) is 12.0 Å². The van der Waals surface area contributed by atoms with Gasteiger partial charge in [-0.05, 0) is 87.7 Å². The number of thiophene rings is 1. The lowest BCUT2D eigenvalue weighted by molar-refractivity contribution is 0.0644. The maximum Gasteiger partial charge on any atom is 0.253 e. The third-order valence-corrected chi connectivity index (χ3v) is 7.81. The Hall–Kier alpha value is -2.48. The smallest absolute Gasteiger partial charge is 0.253 e. The number of hydrogen-bond acceptors (Lipinski definition) is 6. The van der Waals surface area contributed by atoms with Gasteiger partial charge >= 0.3 is 0 Å². The molecular weight excluding hydrogens is 454 g/mol. The minimum absolute atomic E-state index is 0.116. The number of anilines is 2. The number of amides is 1. The van der Waals surface area contributed by atoms with E-state index < -0.39 is 0 Å². The van der Waals surface area contributed by atoms with Crippen molar-refractivity contribution < 1.29 is 4.79 Å². The van der Waals surface area contributed by atoms with Crippen LogP contribution in [-0.4, -0.2) is 57.9 Å². The number of carbonyl (C=O) groups is 1. The molecule has 2 aliphatic heterocycles. The van der Waals surface area contributed by atoms with Crippen molar-refractivity contribution in [3.05, 3.63) is 58.1 Å². The van der Waals surface area contributed by atoms with Crippen LogP contribution in [0, 0.1) is 6.92 Å². The predicted molar refractivity (Wildman–Crippen MR) is 135 cm³/mol. The van der Waals surface area contributed by atoms with E-state index in [1.54, 1.807) is 0 Å². The van der Waals surface area contributed by atoms with E-state index in [1.807, 2.05) is 54.4 Å². The van der Waals surface area contributed by atoms with Crippen LogP contribution >= 0.6 is 22.9 Å². The van der Waals surface area contributed by atoms with Gasteiger partial charge in [0.15, 0.2) is 0 Å². The van der Waals surface area contributed by atoms with Gasteiger partial charge in [0.2, 0.25) is 5.95 Å². The molecule has 0 aliphatic carbocycles. The molecule has 8 heteroatoms. The first-order valence-electron chi connectivity index (χ1n) is 11.6. The average molecular weight is 482 g/mol. The Labute approximate surface area is 203 Å².